The number of para-hydroxylation sites is 2. The number of rotatable bonds is 4. The third kappa shape index (κ3) is 2.50. The summed E-state index contributed by atoms with van der Waals surface area (Å²) in [5.74, 6) is 0.547. The van der Waals surface area contributed by atoms with Gasteiger partial charge in [-0.05, 0) is 6.07 Å². The smallest absolute Gasteiger partial charge is 0.352 e. The Morgan fingerprint density at radius 3 is 2.83 bits per heavy atom. The van der Waals surface area contributed by atoms with E-state index in [2.05, 4.69) is 5.32 Å². The van der Waals surface area contributed by atoms with Gasteiger partial charge in [-0.3, -0.25) is 4.79 Å². The van der Waals surface area contributed by atoms with Crippen molar-refractivity contribution in [1.82, 2.24) is 5.32 Å². The molecule has 5 nitrogen and oxygen atoms in total. The molecule has 0 saturated carbocycles. The van der Waals surface area contributed by atoms with Gasteiger partial charge in [-0.1, -0.05) is 26.0 Å². The summed E-state index contributed by atoms with van der Waals surface area (Å²) in [5, 5.41) is 2.77. The number of amides is 1. The van der Waals surface area contributed by atoms with Crippen LogP contribution in [0, 0.1) is 10.8 Å². The average molecular weight is 249 g/mol. The van der Waals surface area contributed by atoms with Gasteiger partial charge in [0.1, 0.15) is 0 Å². The molecule has 1 aliphatic heterocycles. The van der Waals surface area contributed by atoms with Crippen LogP contribution in [0.2, 0.25) is 0 Å². The first kappa shape index (κ1) is 12.5. The zero-order valence-corrected chi connectivity index (χ0v) is 10.6. The van der Waals surface area contributed by atoms with Gasteiger partial charge in [0.25, 0.3) is 0 Å². The number of ether oxygens (including phenoxy) is 1. The number of carbonyl (C=O) groups excluding carboxylic acids is 1. The lowest BCUT2D eigenvalue weighted by atomic mass is 10.2. The molecule has 0 saturated heterocycles. The van der Waals surface area contributed by atoms with Gasteiger partial charge in [0, 0.05) is 23.4 Å². The molecular formula is C13H17N2O3+. The normalized spacial score (nSPS) is 17.5. The fraction of sp³-hybridized carbons (Fsp3) is 0.462. The molecule has 2 rings (SSSR count). The van der Waals surface area contributed by atoms with Crippen molar-refractivity contribution in [2.45, 2.75) is 26.5 Å². The van der Waals surface area contributed by atoms with Gasteiger partial charge in [0.05, 0.1) is 11.2 Å². The van der Waals surface area contributed by atoms with Crippen LogP contribution in [0.3, 0.4) is 0 Å². The van der Waals surface area contributed by atoms with Crippen molar-refractivity contribution in [3.05, 3.63) is 29.2 Å². The van der Waals surface area contributed by atoms with E-state index in [4.69, 9.17) is 4.74 Å². The van der Waals surface area contributed by atoms with Crippen LogP contribution in [0.25, 0.3) is 0 Å². The topological polar surface area (TPSA) is 58.4 Å². The lowest BCUT2D eigenvalue weighted by molar-refractivity contribution is -0.529. The van der Waals surface area contributed by atoms with Crippen LogP contribution in [0.5, 0.6) is 5.75 Å². The highest BCUT2D eigenvalue weighted by molar-refractivity contribution is 5.77. The van der Waals surface area contributed by atoms with E-state index in [1.54, 1.807) is 18.2 Å². The maximum Gasteiger partial charge on any atom is 0.352 e. The fourth-order valence-electron chi connectivity index (χ4n) is 1.79. The van der Waals surface area contributed by atoms with E-state index in [1.165, 1.54) is 0 Å². The number of carbonyl (C=O) groups is 1. The predicted molar refractivity (Wildman–Crippen MR) is 66.6 cm³/mol. The van der Waals surface area contributed by atoms with Gasteiger partial charge >= 0.3 is 11.9 Å². The third-order valence-corrected chi connectivity index (χ3v) is 2.84. The number of hydrogen-bond acceptors (Lipinski definition) is 3. The largest absolute Gasteiger partial charge is 0.423 e. The summed E-state index contributed by atoms with van der Waals surface area (Å²) >= 11 is 0. The summed E-state index contributed by atoms with van der Waals surface area (Å²) in [6, 6.07) is 7.13. The van der Waals surface area contributed by atoms with Crippen molar-refractivity contribution in [3.8, 4) is 5.75 Å². The van der Waals surface area contributed by atoms with Crippen molar-refractivity contribution in [2.75, 3.05) is 6.54 Å². The minimum Gasteiger partial charge on any atom is -0.423 e. The molecule has 0 radical (unpaired) electrons. The summed E-state index contributed by atoms with van der Waals surface area (Å²) in [4.78, 5) is 23.3. The monoisotopic (exact) mass is 249 g/mol. The summed E-state index contributed by atoms with van der Waals surface area (Å²) in [6.45, 7) is 4.10. The second-order valence-corrected chi connectivity index (χ2v) is 4.60. The number of nitroso groups, excluding NO2 is 1. The fourth-order valence-corrected chi connectivity index (χ4v) is 1.79. The third-order valence-electron chi connectivity index (χ3n) is 2.84. The molecular weight excluding hydrogens is 232 g/mol. The molecule has 5 heteroatoms. The van der Waals surface area contributed by atoms with Crippen molar-refractivity contribution >= 4 is 11.6 Å². The van der Waals surface area contributed by atoms with E-state index < -0.39 is 6.23 Å². The first-order valence-corrected chi connectivity index (χ1v) is 6.09. The first-order chi connectivity index (χ1) is 8.59. The second kappa shape index (κ2) is 5.16. The molecule has 0 aromatic heterocycles. The summed E-state index contributed by atoms with van der Waals surface area (Å²) in [5.41, 5.74) is 0.553. The van der Waals surface area contributed by atoms with Gasteiger partial charge < -0.3 is 10.1 Å². The standard InChI is InChI=1S/C13H16N2O3/c1-9(2)13(16)14-8-7-12-15(17)10-5-3-4-6-11(10)18-12/h3-6,9,12H,7-8H2,1-2H3/p+1. The lowest BCUT2D eigenvalue weighted by Crippen LogP contribution is -2.33. The van der Waals surface area contributed by atoms with E-state index in [0.717, 1.165) is 4.76 Å². The molecule has 1 unspecified atom stereocenters. The summed E-state index contributed by atoms with van der Waals surface area (Å²) < 4.78 is 6.38. The Balaban J connectivity index is 1.87. The van der Waals surface area contributed by atoms with Gasteiger partial charge in [0.15, 0.2) is 0 Å². The number of nitrogens with one attached hydrogen (secondary N) is 1. The second-order valence-electron chi connectivity index (χ2n) is 4.60. The maximum absolute atomic E-state index is 11.9. The molecule has 1 aliphatic rings. The quantitative estimate of drug-likeness (QED) is 0.830. The molecule has 1 heterocycles. The molecule has 1 aromatic carbocycles. The van der Waals surface area contributed by atoms with Crippen LogP contribution in [0.1, 0.15) is 20.3 Å². The van der Waals surface area contributed by atoms with Crippen molar-refractivity contribution < 1.29 is 14.3 Å². The zero-order valence-electron chi connectivity index (χ0n) is 10.6. The van der Waals surface area contributed by atoms with Crippen molar-refractivity contribution in [1.29, 1.82) is 0 Å². The van der Waals surface area contributed by atoms with Crippen molar-refractivity contribution in [2.24, 2.45) is 5.92 Å². The molecule has 1 atom stereocenters. The minimum absolute atomic E-state index is 0.0111. The van der Waals surface area contributed by atoms with E-state index in [0.29, 0.717) is 24.4 Å². The Morgan fingerprint density at radius 2 is 2.17 bits per heavy atom. The molecule has 18 heavy (non-hydrogen) atoms. The number of nitrogens with zero attached hydrogens (tertiary/aromatic N) is 1. The first-order valence-electron chi connectivity index (χ1n) is 6.09. The van der Waals surface area contributed by atoms with Crippen LogP contribution < -0.4 is 10.1 Å². The van der Waals surface area contributed by atoms with Gasteiger partial charge in [0.2, 0.25) is 11.7 Å². The summed E-state index contributed by atoms with van der Waals surface area (Å²) in [7, 11) is 0. The molecule has 96 valence electrons. The SMILES string of the molecule is CC(C)C(=O)NCCC1Oc2ccccc2[N+]1=O. The summed E-state index contributed by atoms with van der Waals surface area (Å²) in [6.07, 6.45) is -0.0775. The average Bonchev–Trinajstić information content (AvgIpc) is 2.67. The highest BCUT2D eigenvalue weighted by Gasteiger charge is 2.39. The number of benzene rings is 1. The Kier molecular flexibility index (Phi) is 3.60. The van der Waals surface area contributed by atoms with E-state index in [1.807, 2.05) is 19.9 Å². The molecule has 0 fully saturated rings. The van der Waals surface area contributed by atoms with Gasteiger partial charge in [-0.15, -0.1) is 0 Å². The Morgan fingerprint density at radius 1 is 1.44 bits per heavy atom. The lowest BCUT2D eigenvalue weighted by Gasteiger charge is -2.07. The number of hydrogen-bond donors (Lipinski definition) is 1. The van der Waals surface area contributed by atoms with Crippen LogP contribution >= 0.6 is 0 Å². The molecule has 1 N–H and O–H groups in total. The van der Waals surface area contributed by atoms with Gasteiger partial charge in [-0.25, -0.2) is 0 Å². The minimum atomic E-state index is -0.546. The van der Waals surface area contributed by atoms with Crippen LogP contribution in [-0.4, -0.2) is 23.4 Å². The molecule has 0 bridgehead atoms. The molecule has 0 aliphatic carbocycles. The molecule has 0 spiro atoms. The zero-order chi connectivity index (χ0) is 13.1. The van der Waals surface area contributed by atoms with E-state index in [-0.39, 0.29) is 11.8 Å². The predicted octanol–water partition coefficient (Wildman–Crippen LogP) is 1.98. The maximum atomic E-state index is 11.9. The van der Waals surface area contributed by atoms with Crippen LogP contribution in [0.4, 0.5) is 5.69 Å². The molecule has 1 amide bonds. The van der Waals surface area contributed by atoms with E-state index in [9.17, 15) is 9.70 Å². The molecule has 1 aromatic rings. The number of fused-ring (bicyclic) bond motifs is 1. The Hall–Kier alpha value is -1.91. The van der Waals surface area contributed by atoms with Gasteiger partial charge in [-0.2, -0.15) is 0 Å². The van der Waals surface area contributed by atoms with Crippen LogP contribution in [0.15, 0.2) is 24.3 Å². The van der Waals surface area contributed by atoms with Crippen molar-refractivity contribution in [3.63, 3.8) is 0 Å². The van der Waals surface area contributed by atoms with E-state index >= 15 is 0 Å². The highest BCUT2D eigenvalue weighted by atomic mass is 16.5. The highest BCUT2D eigenvalue weighted by Crippen LogP contribution is 2.35. The van der Waals surface area contributed by atoms with Crippen LogP contribution in [-0.2, 0) is 4.79 Å². The Bertz CT molecular complexity index is 471. The Labute approximate surface area is 106 Å².